The maximum absolute atomic E-state index is 13.3. The molecule has 0 bridgehead atoms. The van der Waals surface area contributed by atoms with Crippen LogP contribution in [0.25, 0.3) is 0 Å². The number of sulfonamides is 1. The van der Waals surface area contributed by atoms with Gasteiger partial charge in [0.05, 0.1) is 11.9 Å². The second-order valence-electron chi connectivity index (χ2n) is 9.00. The predicted molar refractivity (Wildman–Crippen MR) is 128 cm³/mol. The van der Waals surface area contributed by atoms with E-state index in [0.29, 0.717) is 11.3 Å². The molecule has 180 valence electrons. The highest BCUT2D eigenvalue weighted by Crippen LogP contribution is 2.26. The van der Waals surface area contributed by atoms with Crippen LogP contribution in [0.15, 0.2) is 48.5 Å². The van der Waals surface area contributed by atoms with Gasteiger partial charge in [0.15, 0.2) is 0 Å². The number of benzene rings is 2. The van der Waals surface area contributed by atoms with Crippen molar-refractivity contribution in [2.45, 2.75) is 45.7 Å². The van der Waals surface area contributed by atoms with E-state index >= 15 is 0 Å². The van der Waals surface area contributed by atoms with Gasteiger partial charge in [-0.2, -0.15) is 0 Å². The summed E-state index contributed by atoms with van der Waals surface area (Å²) in [7, 11) is -2.33. The molecule has 2 amide bonds. The van der Waals surface area contributed by atoms with Crippen LogP contribution in [-0.4, -0.2) is 51.0 Å². The highest BCUT2D eigenvalue weighted by molar-refractivity contribution is 7.92. The predicted octanol–water partition coefficient (Wildman–Crippen LogP) is 3.05. The third-order valence-corrected chi connectivity index (χ3v) is 6.52. The van der Waals surface area contributed by atoms with Gasteiger partial charge in [0, 0.05) is 13.6 Å². The number of hydrogen-bond acceptors (Lipinski definition) is 4. The van der Waals surface area contributed by atoms with Crippen LogP contribution in [0.4, 0.5) is 10.1 Å². The Morgan fingerprint density at radius 1 is 1.03 bits per heavy atom. The Morgan fingerprint density at radius 3 is 2.03 bits per heavy atom. The summed E-state index contributed by atoms with van der Waals surface area (Å²) in [4.78, 5) is 26.9. The van der Waals surface area contributed by atoms with Crippen molar-refractivity contribution < 1.29 is 22.4 Å². The first-order valence-corrected chi connectivity index (χ1v) is 12.4. The number of hydrogen-bond donors (Lipinski definition) is 1. The van der Waals surface area contributed by atoms with Crippen LogP contribution in [0.5, 0.6) is 0 Å². The summed E-state index contributed by atoms with van der Waals surface area (Å²) in [6, 6.07) is 11.7. The number of nitrogens with zero attached hydrogens (tertiary/aromatic N) is 2. The number of likely N-dealkylation sites (N-methyl/N-ethyl adjacent to an activating group) is 1. The molecule has 0 aliphatic carbocycles. The van der Waals surface area contributed by atoms with Gasteiger partial charge in [-0.3, -0.25) is 13.9 Å². The summed E-state index contributed by atoms with van der Waals surface area (Å²) < 4.78 is 39.4. The van der Waals surface area contributed by atoms with E-state index < -0.39 is 40.2 Å². The second kappa shape index (κ2) is 10.3. The molecule has 0 heterocycles. The van der Waals surface area contributed by atoms with Crippen LogP contribution in [0, 0.1) is 5.82 Å². The molecule has 33 heavy (non-hydrogen) atoms. The van der Waals surface area contributed by atoms with Gasteiger partial charge in [-0.05, 0) is 47.7 Å². The van der Waals surface area contributed by atoms with Crippen LogP contribution >= 0.6 is 0 Å². The normalized spacial score (nSPS) is 12.7. The Morgan fingerprint density at radius 2 is 1.58 bits per heavy atom. The van der Waals surface area contributed by atoms with E-state index in [0.717, 1.165) is 16.1 Å². The van der Waals surface area contributed by atoms with Gasteiger partial charge in [0.2, 0.25) is 21.8 Å². The molecule has 7 nitrogen and oxygen atoms in total. The maximum atomic E-state index is 13.3. The quantitative estimate of drug-likeness (QED) is 0.633. The first-order chi connectivity index (χ1) is 15.2. The van der Waals surface area contributed by atoms with E-state index in [1.807, 2.05) is 32.9 Å². The molecule has 0 saturated heterocycles. The lowest BCUT2D eigenvalue weighted by atomic mass is 9.87. The van der Waals surface area contributed by atoms with Crippen LogP contribution < -0.4 is 9.62 Å². The number of nitrogens with one attached hydrogen (secondary N) is 1. The number of carbonyl (C=O) groups is 2. The summed E-state index contributed by atoms with van der Waals surface area (Å²) in [5, 5.41) is 2.51. The number of rotatable bonds is 8. The molecular weight excluding hydrogens is 445 g/mol. The summed E-state index contributed by atoms with van der Waals surface area (Å²) in [5.41, 5.74) is 1.88. The zero-order valence-corrected chi connectivity index (χ0v) is 20.7. The number of amides is 2. The Bertz CT molecular complexity index is 1080. The van der Waals surface area contributed by atoms with Gasteiger partial charge < -0.3 is 10.2 Å². The molecule has 1 N–H and O–H groups in total. The zero-order chi connectivity index (χ0) is 25.0. The first kappa shape index (κ1) is 26.3. The molecule has 9 heteroatoms. The highest BCUT2D eigenvalue weighted by Gasteiger charge is 2.29. The fraction of sp³-hybridized carbons (Fsp3) is 0.417. The molecular formula is C24H32FN3O4S. The van der Waals surface area contributed by atoms with Gasteiger partial charge in [-0.25, -0.2) is 12.8 Å². The average molecular weight is 478 g/mol. The van der Waals surface area contributed by atoms with Crippen LogP contribution in [-0.2, 0) is 31.6 Å². The molecule has 2 aromatic carbocycles. The summed E-state index contributed by atoms with van der Waals surface area (Å²) in [5.74, 6) is -1.37. The Labute approximate surface area is 195 Å². The molecule has 0 aliphatic rings. The van der Waals surface area contributed by atoms with Crippen molar-refractivity contribution in [3.05, 3.63) is 65.5 Å². The molecule has 0 spiro atoms. The topological polar surface area (TPSA) is 86.8 Å². The lowest BCUT2D eigenvalue weighted by Gasteiger charge is -2.31. The minimum absolute atomic E-state index is 0.0221. The molecule has 0 saturated carbocycles. The van der Waals surface area contributed by atoms with Gasteiger partial charge in [0.25, 0.3) is 0 Å². The zero-order valence-electron chi connectivity index (χ0n) is 19.9. The monoisotopic (exact) mass is 477 g/mol. The molecule has 0 radical (unpaired) electrons. The van der Waals surface area contributed by atoms with Crippen LogP contribution in [0.1, 0.15) is 38.8 Å². The molecule has 2 aromatic rings. The molecule has 0 aliphatic heterocycles. The maximum Gasteiger partial charge on any atom is 0.244 e. The van der Waals surface area contributed by atoms with Crippen molar-refractivity contribution >= 4 is 27.5 Å². The highest BCUT2D eigenvalue weighted by atomic mass is 32.2. The van der Waals surface area contributed by atoms with Crippen molar-refractivity contribution in [2.75, 3.05) is 24.2 Å². The van der Waals surface area contributed by atoms with Gasteiger partial charge in [0.1, 0.15) is 18.4 Å². The first-order valence-electron chi connectivity index (χ1n) is 10.6. The molecule has 1 atom stereocenters. The van der Waals surface area contributed by atoms with Gasteiger partial charge in [-0.15, -0.1) is 0 Å². The van der Waals surface area contributed by atoms with E-state index in [2.05, 4.69) is 5.32 Å². The van der Waals surface area contributed by atoms with Gasteiger partial charge in [-0.1, -0.05) is 45.0 Å². The van der Waals surface area contributed by atoms with Crippen molar-refractivity contribution in [3.8, 4) is 0 Å². The summed E-state index contributed by atoms with van der Waals surface area (Å²) in [6.45, 7) is 7.25. The molecule has 0 unspecified atom stereocenters. The number of anilines is 1. The minimum atomic E-state index is -3.79. The van der Waals surface area contributed by atoms with Gasteiger partial charge >= 0.3 is 0 Å². The van der Waals surface area contributed by atoms with E-state index in [1.54, 1.807) is 19.1 Å². The number of carbonyl (C=O) groups excluding carboxylic acids is 2. The Hall–Kier alpha value is -2.94. The molecule has 2 rings (SSSR count). The lowest BCUT2D eigenvalue weighted by Crippen LogP contribution is -2.50. The Balaban J connectivity index is 2.37. The lowest BCUT2D eigenvalue weighted by molar-refractivity contribution is -0.139. The minimum Gasteiger partial charge on any atom is -0.357 e. The SMILES string of the molecule is CNC(=O)[C@@H](C)N(Cc1ccc(F)cc1)C(=O)CN(c1ccc(C(C)(C)C)cc1)S(C)(=O)=O. The van der Waals surface area contributed by atoms with Crippen molar-refractivity contribution in [1.29, 1.82) is 0 Å². The summed E-state index contributed by atoms with van der Waals surface area (Å²) >= 11 is 0. The van der Waals surface area contributed by atoms with E-state index in [9.17, 15) is 22.4 Å². The summed E-state index contributed by atoms with van der Waals surface area (Å²) in [6.07, 6.45) is 1.03. The van der Waals surface area contributed by atoms with Crippen molar-refractivity contribution in [1.82, 2.24) is 10.2 Å². The number of halogens is 1. The second-order valence-corrected chi connectivity index (χ2v) is 10.9. The average Bonchev–Trinajstić information content (AvgIpc) is 2.74. The Kier molecular flexibility index (Phi) is 8.24. The molecule has 0 aromatic heterocycles. The van der Waals surface area contributed by atoms with Crippen LogP contribution in [0.3, 0.4) is 0 Å². The fourth-order valence-electron chi connectivity index (χ4n) is 3.32. The van der Waals surface area contributed by atoms with Crippen LogP contribution in [0.2, 0.25) is 0 Å². The van der Waals surface area contributed by atoms with E-state index in [1.165, 1.54) is 36.2 Å². The third kappa shape index (κ3) is 7.02. The largest absolute Gasteiger partial charge is 0.357 e. The van der Waals surface area contributed by atoms with Crippen molar-refractivity contribution in [3.63, 3.8) is 0 Å². The molecule has 0 fully saturated rings. The fourth-order valence-corrected chi connectivity index (χ4v) is 4.17. The standard InChI is InChI=1S/C24H32FN3O4S/c1-17(23(30)26-5)27(15-18-7-11-20(25)12-8-18)22(29)16-28(33(6,31)32)21-13-9-19(10-14-21)24(2,3)4/h7-14,17H,15-16H2,1-6H3,(H,26,30)/t17-/m1/s1. The van der Waals surface area contributed by atoms with Crippen molar-refractivity contribution in [2.24, 2.45) is 0 Å². The van der Waals surface area contributed by atoms with E-state index in [4.69, 9.17) is 0 Å². The third-order valence-electron chi connectivity index (χ3n) is 5.38. The smallest absolute Gasteiger partial charge is 0.244 e. The van der Waals surface area contributed by atoms with E-state index in [-0.39, 0.29) is 12.0 Å².